The topological polar surface area (TPSA) is 86.2 Å². The number of piperidine rings is 1. The fourth-order valence-electron chi connectivity index (χ4n) is 4.07. The molecule has 148 valence electrons. The maximum Gasteiger partial charge on any atom is 0.230 e. The third-order valence-corrected chi connectivity index (χ3v) is 5.80. The fourth-order valence-corrected chi connectivity index (χ4v) is 4.07. The van der Waals surface area contributed by atoms with Gasteiger partial charge in [-0.2, -0.15) is 4.98 Å². The average Bonchev–Trinajstić information content (AvgIpc) is 3.07. The summed E-state index contributed by atoms with van der Waals surface area (Å²) in [4.78, 5) is 9.17. The molecule has 1 aromatic carbocycles. The Hall–Kier alpha value is -2.38. The molecule has 1 aliphatic carbocycles. The number of hydrogen-bond acceptors (Lipinski definition) is 7. The Morgan fingerprint density at radius 3 is 2.71 bits per heavy atom. The summed E-state index contributed by atoms with van der Waals surface area (Å²) in [5.74, 6) is 3.25. The van der Waals surface area contributed by atoms with Gasteiger partial charge in [-0.3, -0.25) is 0 Å². The van der Waals surface area contributed by atoms with Crippen LogP contribution < -0.4 is 10.1 Å². The normalized spacial score (nSPS) is 20.0. The van der Waals surface area contributed by atoms with Gasteiger partial charge in [-0.1, -0.05) is 5.16 Å². The molecule has 2 fully saturated rings. The third-order valence-electron chi connectivity index (χ3n) is 5.80. The van der Waals surface area contributed by atoms with E-state index in [1.54, 1.807) is 13.4 Å². The van der Waals surface area contributed by atoms with Crippen molar-refractivity contribution >= 4 is 12.4 Å². The highest BCUT2D eigenvalue weighted by Gasteiger charge is 2.57. The van der Waals surface area contributed by atoms with E-state index in [2.05, 4.69) is 20.4 Å². The van der Waals surface area contributed by atoms with Gasteiger partial charge in [-0.15, -0.1) is 12.4 Å². The molecule has 5 rings (SSSR count). The smallest absolute Gasteiger partial charge is 0.230 e. The Labute approximate surface area is 169 Å². The number of nitrogens with one attached hydrogen (secondary N) is 1. The molecular formula is C20H23ClN4O3. The van der Waals surface area contributed by atoms with Crippen LogP contribution in [0.2, 0.25) is 0 Å². The molecule has 2 aromatic heterocycles. The zero-order chi connectivity index (χ0) is 18.3. The summed E-state index contributed by atoms with van der Waals surface area (Å²) in [6, 6.07) is 7.62. The number of oxazole rings is 1. The predicted octanol–water partition coefficient (Wildman–Crippen LogP) is 3.60. The first kappa shape index (κ1) is 19.0. The zero-order valence-electron chi connectivity index (χ0n) is 15.7. The summed E-state index contributed by atoms with van der Waals surface area (Å²) in [5.41, 5.74) is 2.09. The van der Waals surface area contributed by atoms with Gasteiger partial charge in [-0.25, -0.2) is 4.98 Å². The molecule has 1 unspecified atom stereocenters. The first-order valence-corrected chi connectivity index (χ1v) is 9.38. The van der Waals surface area contributed by atoms with Crippen molar-refractivity contribution in [3.05, 3.63) is 47.9 Å². The largest absolute Gasteiger partial charge is 0.497 e. The van der Waals surface area contributed by atoms with Crippen molar-refractivity contribution in [3.63, 3.8) is 0 Å². The molecular weight excluding hydrogens is 380 g/mol. The van der Waals surface area contributed by atoms with Crippen molar-refractivity contribution in [3.8, 4) is 17.2 Å². The first-order chi connectivity index (χ1) is 13.3. The molecule has 0 amide bonds. The molecule has 28 heavy (non-hydrogen) atoms. The molecule has 1 saturated heterocycles. The molecule has 0 bridgehead atoms. The van der Waals surface area contributed by atoms with Gasteiger partial charge >= 0.3 is 0 Å². The van der Waals surface area contributed by atoms with Gasteiger partial charge in [0, 0.05) is 11.5 Å². The molecule has 1 spiro atoms. The lowest BCUT2D eigenvalue weighted by Gasteiger charge is -2.22. The van der Waals surface area contributed by atoms with E-state index in [1.165, 1.54) is 19.3 Å². The fraction of sp³-hybridized carbons (Fsp3) is 0.450. The number of methoxy groups -OCH3 is 1. The van der Waals surface area contributed by atoms with Crippen LogP contribution in [-0.2, 0) is 6.42 Å². The number of ether oxygens (including phenoxy) is 1. The minimum Gasteiger partial charge on any atom is -0.497 e. The summed E-state index contributed by atoms with van der Waals surface area (Å²) in [6.07, 6.45) is 5.72. The van der Waals surface area contributed by atoms with Gasteiger partial charge in [0.05, 0.1) is 19.2 Å². The van der Waals surface area contributed by atoms with E-state index in [0.717, 1.165) is 36.0 Å². The number of benzene rings is 1. The van der Waals surface area contributed by atoms with Gasteiger partial charge in [0.1, 0.15) is 12.0 Å². The van der Waals surface area contributed by atoms with Crippen LogP contribution in [0.5, 0.6) is 5.75 Å². The highest BCUT2D eigenvalue weighted by molar-refractivity contribution is 5.85. The molecule has 1 atom stereocenters. The second-order valence-corrected chi connectivity index (χ2v) is 7.47. The van der Waals surface area contributed by atoms with Crippen molar-refractivity contribution in [2.75, 3.05) is 20.2 Å². The maximum absolute atomic E-state index is 5.61. The SMILES string of the molecule is COc1ccc(-c2nc(Cc3noc(C4CC45CCNCC5)n3)co2)cc1.Cl. The summed E-state index contributed by atoms with van der Waals surface area (Å²) in [5, 5.41) is 7.58. The molecule has 3 heterocycles. The lowest BCUT2D eigenvalue weighted by Crippen LogP contribution is -2.29. The van der Waals surface area contributed by atoms with Crippen LogP contribution in [0.3, 0.4) is 0 Å². The van der Waals surface area contributed by atoms with Crippen molar-refractivity contribution in [2.45, 2.75) is 31.6 Å². The highest BCUT2D eigenvalue weighted by Crippen LogP contribution is 2.63. The van der Waals surface area contributed by atoms with Crippen molar-refractivity contribution < 1.29 is 13.7 Å². The summed E-state index contributed by atoms with van der Waals surface area (Å²) in [7, 11) is 1.64. The van der Waals surface area contributed by atoms with Crippen LogP contribution in [-0.4, -0.2) is 35.3 Å². The maximum atomic E-state index is 5.61. The first-order valence-electron chi connectivity index (χ1n) is 9.38. The predicted molar refractivity (Wildman–Crippen MR) is 105 cm³/mol. The van der Waals surface area contributed by atoms with Gasteiger partial charge < -0.3 is 19.0 Å². The number of aromatic nitrogens is 3. The molecule has 1 aliphatic heterocycles. The summed E-state index contributed by atoms with van der Waals surface area (Å²) < 4.78 is 16.3. The van der Waals surface area contributed by atoms with Gasteiger partial charge in [0.25, 0.3) is 0 Å². The van der Waals surface area contributed by atoms with Crippen LogP contribution in [0.25, 0.3) is 11.5 Å². The molecule has 1 N–H and O–H groups in total. The monoisotopic (exact) mass is 402 g/mol. The number of nitrogens with zero attached hydrogens (tertiary/aromatic N) is 3. The highest BCUT2D eigenvalue weighted by atomic mass is 35.5. The Balaban J connectivity index is 0.00000192. The third kappa shape index (κ3) is 3.52. The summed E-state index contributed by atoms with van der Waals surface area (Å²) >= 11 is 0. The van der Waals surface area contributed by atoms with Crippen LogP contribution in [0, 0.1) is 5.41 Å². The van der Waals surface area contributed by atoms with Crippen LogP contribution in [0.4, 0.5) is 0 Å². The lowest BCUT2D eigenvalue weighted by atomic mass is 9.92. The van der Waals surface area contributed by atoms with E-state index in [4.69, 9.17) is 13.7 Å². The second-order valence-electron chi connectivity index (χ2n) is 7.47. The molecule has 0 radical (unpaired) electrons. The Kier molecular flexibility index (Phi) is 5.12. The molecule has 1 saturated carbocycles. The summed E-state index contributed by atoms with van der Waals surface area (Å²) in [6.45, 7) is 2.18. The minimum absolute atomic E-state index is 0. The Morgan fingerprint density at radius 1 is 1.18 bits per heavy atom. The van der Waals surface area contributed by atoms with Crippen molar-refractivity contribution in [2.24, 2.45) is 5.41 Å². The molecule has 3 aromatic rings. The van der Waals surface area contributed by atoms with Gasteiger partial charge in [0.2, 0.25) is 11.8 Å². The van der Waals surface area contributed by atoms with E-state index < -0.39 is 0 Å². The standard InChI is InChI=1S/C20H22N4O3.ClH/c1-25-15-4-2-13(3-5-15)18-22-14(12-26-18)10-17-23-19(27-24-17)16-11-20(16)6-8-21-9-7-20;/h2-5,12,16,21H,6-11H2,1H3;1H. The molecule has 8 heteroatoms. The van der Waals surface area contributed by atoms with E-state index >= 15 is 0 Å². The zero-order valence-corrected chi connectivity index (χ0v) is 16.5. The van der Waals surface area contributed by atoms with Crippen molar-refractivity contribution in [1.82, 2.24) is 20.4 Å². The molecule has 7 nitrogen and oxygen atoms in total. The average molecular weight is 403 g/mol. The minimum atomic E-state index is 0. The van der Waals surface area contributed by atoms with Gasteiger partial charge in [0.15, 0.2) is 5.82 Å². The molecule has 2 aliphatic rings. The van der Waals surface area contributed by atoms with Crippen molar-refractivity contribution in [1.29, 1.82) is 0 Å². The Bertz CT molecular complexity index is 931. The number of rotatable bonds is 5. The second kappa shape index (κ2) is 7.56. The van der Waals surface area contributed by atoms with E-state index in [-0.39, 0.29) is 12.4 Å². The van der Waals surface area contributed by atoms with Crippen LogP contribution in [0.1, 0.15) is 42.6 Å². The Morgan fingerprint density at radius 2 is 1.96 bits per heavy atom. The van der Waals surface area contributed by atoms with Crippen LogP contribution >= 0.6 is 12.4 Å². The van der Waals surface area contributed by atoms with Gasteiger partial charge in [-0.05, 0) is 62.0 Å². The number of hydrogen-bond donors (Lipinski definition) is 1. The number of halogens is 1. The lowest BCUT2D eigenvalue weighted by molar-refractivity contribution is 0.310. The van der Waals surface area contributed by atoms with E-state index in [1.807, 2.05) is 24.3 Å². The van der Waals surface area contributed by atoms with Crippen LogP contribution in [0.15, 0.2) is 39.5 Å². The van der Waals surface area contributed by atoms with E-state index in [9.17, 15) is 0 Å². The van der Waals surface area contributed by atoms with E-state index in [0.29, 0.717) is 29.5 Å². The quantitative estimate of drug-likeness (QED) is 0.697.